The number of halogens is 3. The van der Waals surface area contributed by atoms with Gasteiger partial charge in [-0.3, -0.25) is 0 Å². The molecule has 2 aromatic carbocycles. The third-order valence-electron chi connectivity index (χ3n) is 2.74. The summed E-state index contributed by atoms with van der Waals surface area (Å²) in [4.78, 5) is 0. The molecule has 0 saturated heterocycles. The lowest BCUT2D eigenvalue weighted by atomic mass is 9.99. The molecule has 18 heavy (non-hydrogen) atoms. The smallest absolute Gasteiger partial charge is 0.123 e. The van der Waals surface area contributed by atoms with Crippen molar-refractivity contribution in [3.05, 3.63) is 68.9 Å². The summed E-state index contributed by atoms with van der Waals surface area (Å²) in [5.74, 6) is -0.251. The van der Waals surface area contributed by atoms with Gasteiger partial charge in [0.15, 0.2) is 0 Å². The molecule has 0 saturated carbocycles. The lowest BCUT2D eigenvalue weighted by Crippen LogP contribution is -2.18. The number of rotatable bonds is 3. The van der Waals surface area contributed by atoms with E-state index in [2.05, 4.69) is 21.2 Å². The molecule has 1 nitrogen and oxygen atoms in total. The quantitative estimate of drug-likeness (QED) is 0.871. The van der Waals surface area contributed by atoms with Gasteiger partial charge < -0.3 is 5.32 Å². The highest BCUT2D eigenvalue weighted by Crippen LogP contribution is 2.30. The van der Waals surface area contributed by atoms with Crippen LogP contribution in [0.3, 0.4) is 0 Å². The highest BCUT2D eigenvalue weighted by Gasteiger charge is 2.15. The minimum Gasteiger partial charge on any atom is -0.309 e. The molecule has 4 heteroatoms. The standard InChI is InChI=1S/C14H12BrClFN/c1-18-14(9-3-2-4-11(17)7-9)12-8-10(15)5-6-13(12)16/h2-8,14,18H,1H3. The van der Waals surface area contributed by atoms with Crippen molar-refractivity contribution in [3.8, 4) is 0 Å². The third-order valence-corrected chi connectivity index (χ3v) is 3.58. The average molecular weight is 329 g/mol. The van der Waals surface area contributed by atoms with Crippen LogP contribution < -0.4 is 5.32 Å². The first-order valence-corrected chi connectivity index (χ1v) is 6.66. The van der Waals surface area contributed by atoms with Crippen LogP contribution in [-0.4, -0.2) is 7.05 Å². The molecular weight excluding hydrogens is 317 g/mol. The average Bonchev–Trinajstić information content (AvgIpc) is 2.35. The van der Waals surface area contributed by atoms with Gasteiger partial charge in [0.1, 0.15) is 5.82 Å². The number of nitrogens with one attached hydrogen (secondary N) is 1. The molecule has 0 aliphatic rings. The van der Waals surface area contributed by atoms with Gasteiger partial charge in [-0.15, -0.1) is 0 Å². The highest BCUT2D eigenvalue weighted by molar-refractivity contribution is 9.10. The van der Waals surface area contributed by atoms with Gasteiger partial charge in [-0.05, 0) is 48.5 Å². The number of hydrogen-bond acceptors (Lipinski definition) is 1. The largest absolute Gasteiger partial charge is 0.309 e. The van der Waals surface area contributed by atoms with E-state index in [1.54, 1.807) is 6.07 Å². The molecule has 0 bridgehead atoms. The Morgan fingerprint density at radius 1 is 1.22 bits per heavy atom. The Kier molecular flexibility index (Phi) is 4.38. The fourth-order valence-corrected chi connectivity index (χ4v) is 2.53. The zero-order chi connectivity index (χ0) is 13.1. The lowest BCUT2D eigenvalue weighted by Gasteiger charge is -2.19. The van der Waals surface area contributed by atoms with E-state index in [0.717, 1.165) is 15.6 Å². The van der Waals surface area contributed by atoms with Crippen molar-refractivity contribution in [3.63, 3.8) is 0 Å². The summed E-state index contributed by atoms with van der Waals surface area (Å²) in [5.41, 5.74) is 1.76. The van der Waals surface area contributed by atoms with Gasteiger partial charge in [0.25, 0.3) is 0 Å². The predicted octanol–water partition coefficient (Wildman–Crippen LogP) is 4.55. The summed E-state index contributed by atoms with van der Waals surface area (Å²) in [6.07, 6.45) is 0. The van der Waals surface area contributed by atoms with Crippen LogP contribution in [0, 0.1) is 5.82 Å². The molecule has 0 radical (unpaired) electrons. The van der Waals surface area contributed by atoms with Gasteiger partial charge in [0.2, 0.25) is 0 Å². The van der Waals surface area contributed by atoms with Gasteiger partial charge in [-0.2, -0.15) is 0 Å². The molecule has 2 rings (SSSR count). The molecular formula is C14H12BrClFN. The van der Waals surface area contributed by atoms with E-state index in [4.69, 9.17) is 11.6 Å². The van der Waals surface area contributed by atoms with Crippen LogP contribution in [0.4, 0.5) is 4.39 Å². The second-order valence-electron chi connectivity index (χ2n) is 3.94. The van der Waals surface area contributed by atoms with Gasteiger partial charge in [0, 0.05) is 9.50 Å². The van der Waals surface area contributed by atoms with Crippen molar-refractivity contribution in [2.75, 3.05) is 7.05 Å². The van der Waals surface area contributed by atoms with Crippen molar-refractivity contribution in [1.29, 1.82) is 0 Å². The number of benzene rings is 2. The van der Waals surface area contributed by atoms with Crippen LogP contribution in [0.15, 0.2) is 46.9 Å². The van der Waals surface area contributed by atoms with Crippen LogP contribution in [-0.2, 0) is 0 Å². The number of hydrogen-bond donors (Lipinski definition) is 1. The summed E-state index contributed by atoms with van der Waals surface area (Å²) in [6.45, 7) is 0. The molecule has 0 fully saturated rings. The molecule has 0 amide bonds. The van der Waals surface area contributed by atoms with Gasteiger partial charge in [0.05, 0.1) is 6.04 Å². The SMILES string of the molecule is CNC(c1cccc(F)c1)c1cc(Br)ccc1Cl. The lowest BCUT2D eigenvalue weighted by molar-refractivity contribution is 0.617. The molecule has 2 aromatic rings. The van der Waals surface area contributed by atoms with Gasteiger partial charge >= 0.3 is 0 Å². The van der Waals surface area contributed by atoms with Gasteiger partial charge in [-0.25, -0.2) is 4.39 Å². The molecule has 1 N–H and O–H groups in total. The Morgan fingerprint density at radius 2 is 2.00 bits per heavy atom. The monoisotopic (exact) mass is 327 g/mol. The first-order chi connectivity index (χ1) is 8.61. The molecule has 94 valence electrons. The maximum atomic E-state index is 13.3. The fourth-order valence-electron chi connectivity index (χ4n) is 1.92. The topological polar surface area (TPSA) is 12.0 Å². The van der Waals surface area contributed by atoms with E-state index in [9.17, 15) is 4.39 Å². The second kappa shape index (κ2) is 5.83. The van der Waals surface area contributed by atoms with E-state index >= 15 is 0 Å². The van der Waals surface area contributed by atoms with E-state index in [0.29, 0.717) is 5.02 Å². The minimum atomic E-state index is -0.251. The van der Waals surface area contributed by atoms with Crippen LogP contribution in [0.5, 0.6) is 0 Å². The summed E-state index contributed by atoms with van der Waals surface area (Å²) >= 11 is 9.63. The Bertz CT molecular complexity index is 559. The summed E-state index contributed by atoms with van der Waals surface area (Å²) in [6, 6.07) is 12.0. The Balaban J connectivity index is 2.48. The van der Waals surface area contributed by atoms with E-state index in [-0.39, 0.29) is 11.9 Å². The van der Waals surface area contributed by atoms with E-state index in [1.807, 2.05) is 31.3 Å². The first kappa shape index (κ1) is 13.5. The van der Waals surface area contributed by atoms with Crippen LogP contribution in [0.2, 0.25) is 5.02 Å². The van der Waals surface area contributed by atoms with Crippen molar-refractivity contribution in [2.45, 2.75) is 6.04 Å². The molecule has 0 aliphatic heterocycles. The molecule has 0 heterocycles. The van der Waals surface area contributed by atoms with Crippen LogP contribution in [0.1, 0.15) is 17.2 Å². The maximum Gasteiger partial charge on any atom is 0.123 e. The van der Waals surface area contributed by atoms with E-state index < -0.39 is 0 Å². The van der Waals surface area contributed by atoms with Crippen LogP contribution in [0.25, 0.3) is 0 Å². The fraction of sp³-hybridized carbons (Fsp3) is 0.143. The second-order valence-corrected chi connectivity index (χ2v) is 5.27. The molecule has 1 unspecified atom stereocenters. The Hall–Kier alpha value is -0.900. The third kappa shape index (κ3) is 2.91. The van der Waals surface area contributed by atoms with Crippen molar-refractivity contribution < 1.29 is 4.39 Å². The first-order valence-electron chi connectivity index (χ1n) is 5.49. The molecule has 0 aromatic heterocycles. The van der Waals surface area contributed by atoms with Crippen LogP contribution >= 0.6 is 27.5 Å². The maximum absolute atomic E-state index is 13.3. The van der Waals surface area contributed by atoms with Crippen molar-refractivity contribution in [1.82, 2.24) is 5.32 Å². The van der Waals surface area contributed by atoms with E-state index in [1.165, 1.54) is 12.1 Å². The minimum absolute atomic E-state index is 0.134. The van der Waals surface area contributed by atoms with Crippen molar-refractivity contribution >= 4 is 27.5 Å². The summed E-state index contributed by atoms with van der Waals surface area (Å²) < 4.78 is 14.2. The zero-order valence-corrected chi connectivity index (χ0v) is 12.1. The normalized spacial score (nSPS) is 12.4. The zero-order valence-electron chi connectivity index (χ0n) is 9.75. The summed E-state index contributed by atoms with van der Waals surface area (Å²) in [5, 5.41) is 3.81. The Labute approximate surface area is 119 Å². The highest BCUT2D eigenvalue weighted by atomic mass is 79.9. The summed E-state index contributed by atoms with van der Waals surface area (Å²) in [7, 11) is 1.83. The molecule has 0 aliphatic carbocycles. The molecule has 1 atom stereocenters. The van der Waals surface area contributed by atoms with Crippen molar-refractivity contribution in [2.24, 2.45) is 0 Å². The predicted molar refractivity (Wildman–Crippen MR) is 76.5 cm³/mol. The molecule has 0 spiro atoms. The van der Waals surface area contributed by atoms with Gasteiger partial charge in [-0.1, -0.05) is 39.7 Å². The Morgan fingerprint density at radius 3 is 2.67 bits per heavy atom.